The third kappa shape index (κ3) is 2.97. The lowest BCUT2D eigenvalue weighted by molar-refractivity contribution is 0.218. The lowest BCUT2D eigenvalue weighted by Crippen LogP contribution is -2.39. The van der Waals surface area contributed by atoms with Crippen molar-refractivity contribution in [3.05, 3.63) is 22.4 Å². The Kier molecular flexibility index (Phi) is 4.50. The molecule has 2 heterocycles. The second-order valence-corrected chi connectivity index (χ2v) is 5.94. The van der Waals surface area contributed by atoms with Crippen LogP contribution in [0.2, 0.25) is 0 Å². The van der Waals surface area contributed by atoms with E-state index >= 15 is 0 Å². The predicted octanol–water partition coefficient (Wildman–Crippen LogP) is 2.06. The molecule has 1 saturated heterocycles. The molecule has 4 heteroatoms. The molecule has 1 N–H and O–H groups in total. The first-order valence-corrected chi connectivity index (χ1v) is 7.45. The van der Waals surface area contributed by atoms with Crippen LogP contribution in [-0.4, -0.2) is 43.1 Å². The van der Waals surface area contributed by atoms with Crippen molar-refractivity contribution in [2.24, 2.45) is 0 Å². The van der Waals surface area contributed by atoms with Crippen LogP contribution in [0.1, 0.15) is 10.9 Å². The van der Waals surface area contributed by atoms with E-state index in [1.165, 1.54) is 29.5 Å². The van der Waals surface area contributed by atoms with E-state index in [1.54, 1.807) is 0 Å². The van der Waals surface area contributed by atoms with Crippen molar-refractivity contribution in [2.45, 2.75) is 6.04 Å². The molecule has 1 aromatic heterocycles. The van der Waals surface area contributed by atoms with E-state index in [0.29, 0.717) is 6.04 Å². The normalized spacial score (nSPS) is 20.3. The van der Waals surface area contributed by atoms with E-state index in [4.69, 9.17) is 0 Å². The fraction of sp³-hybridized carbons (Fsp3) is 0.636. The summed E-state index contributed by atoms with van der Waals surface area (Å²) in [6.07, 6.45) is 0. The molecule has 1 unspecified atom stereocenters. The van der Waals surface area contributed by atoms with E-state index in [1.807, 2.05) is 18.4 Å². The molecule has 0 saturated carbocycles. The molecule has 2 rings (SSSR count). The van der Waals surface area contributed by atoms with Crippen molar-refractivity contribution >= 4 is 23.1 Å². The van der Waals surface area contributed by atoms with Gasteiger partial charge >= 0.3 is 0 Å². The topological polar surface area (TPSA) is 15.3 Å². The van der Waals surface area contributed by atoms with Crippen LogP contribution >= 0.6 is 23.1 Å². The van der Waals surface area contributed by atoms with Gasteiger partial charge in [-0.3, -0.25) is 4.90 Å². The number of thioether (sulfide) groups is 1. The lowest BCUT2D eigenvalue weighted by atomic mass is 10.2. The third-order valence-corrected chi connectivity index (χ3v) is 4.67. The summed E-state index contributed by atoms with van der Waals surface area (Å²) in [7, 11) is 2.04. The summed E-state index contributed by atoms with van der Waals surface area (Å²) in [4.78, 5) is 4.11. The minimum atomic E-state index is 0.580. The number of rotatable bonds is 4. The summed E-state index contributed by atoms with van der Waals surface area (Å²) in [5, 5.41) is 5.49. The van der Waals surface area contributed by atoms with Crippen molar-refractivity contribution < 1.29 is 0 Å². The number of likely N-dealkylation sites (N-methyl/N-ethyl adjacent to an activating group) is 1. The van der Waals surface area contributed by atoms with Gasteiger partial charge in [0, 0.05) is 36.0 Å². The molecule has 2 nitrogen and oxygen atoms in total. The van der Waals surface area contributed by atoms with E-state index in [0.717, 1.165) is 6.54 Å². The van der Waals surface area contributed by atoms with E-state index in [2.05, 4.69) is 39.5 Å². The Morgan fingerprint density at radius 1 is 1.47 bits per heavy atom. The Balaban J connectivity index is 2.04. The Hall–Kier alpha value is -0.0300. The van der Waals surface area contributed by atoms with Crippen LogP contribution in [0.4, 0.5) is 0 Å². The van der Waals surface area contributed by atoms with Gasteiger partial charge in [0.1, 0.15) is 0 Å². The molecule has 0 spiro atoms. The number of nitrogens with one attached hydrogen (secondary N) is 1. The van der Waals surface area contributed by atoms with Crippen molar-refractivity contribution in [3.63, 3.8) is 0 Å². The monoisotopic (exact) mass is 242 g/mol. The van der Waals surface area contributed by atoms with Gasteiger partial charge in [-0.25, -0.2) is 0 Å². The van der Waals surface area contributed by atoms with Crippen LogP contribution in [0.25, 0.3) is 0 Å². The molecule has 0 aromatic carbocycles. The van der Waals surface area contributed by atoms with Crippen LogP contribution in [-0.2, 0) is 0 Å². The largest absolute Gasteiger partial charge is 0.318 e. The molecular weight excluding hydrogens is 224 g/mol. The molecule has 15 heavy (non-hydrogen) atoms. The van der Waals surface area contributed by atoms with E-state index in [-0.39, 0.29) is 0 Å². The minimum Gasteiger partial charge on any atom is -0.318 e. The van der Waals surface area contributed by atoms with E-state index < -0.39 is 0 Å². The molecule has 1 aromatic rings. The summed E-state index contributed by atoms with van der Waals surface area (Å²) < 4.78 is 0. The summed E-state index contributed by atoms with van der Waals surface area (Å²) >= 11 is 3.95. The first-order chi connectivity index (χ1) is 7.42. The molecule has 0 bridgehead atoms. The second kappa shape index (κ2) is 5.89. The zero-order valence-corrected chi connectivity index (χ0v) is 10.7. The van der Waals surface area contributed by atoms with Gasteiger partial charge in [0.2, 0.25) is 0 Å². The van der Waals surface area contributed by atoms with Gasteiger partial charge in [0.25, 0.3) is 0 Å². The van der Waals surface area contributed by atoms with Crippen molar-refractivity contribution in [2.75, 3.05) is 38.2 Å². The average Bonchev–Trinajstić information content (AvgIpc) is 2.80. The highest BCUT2D eigenvalue weighted by atomic mass is 32.2. The highest BCUT2D eigenvalue weighted by molar-refractivity contribution is 7.99. The first kappa shape index (κ1) is 11.5. The molecule has 84 valence electrons. The summed E-state index contributed by atoms with van der Waals surface area (Å²) in [5.74, 6) is 2.57. The van der Waals surface area contributed by atoms with Gasteiger partial charge in [-0.15, -0.1) is 11.3 Å². The molecule has 1 atom stereocenters. The van der Waals surface area contributed by atoms with Gasteiger partial charge in [-0.1, -0.05) is 6.07 Å². The predicted molar refractivity (Wildman–Crippen MR) is 69.9 cm³/mol. The molecule has 1 fully saturated rings. The maximum absolute atomic E-state index is 3.31. The SMILES string of the molecule is CNCC(c1cccs1)N1CCSCC1. The lowest BCUT2D eigenvalue weighted by Gasteiger charge is -2.33. The highest BCUT2D eigenvalue weighted by Crippen LogP contribution is 2.26. The maximum atomic E-state index is 3.31. The third-order valence-electron chi connectivity index (χ3n) is 2.76. The maximum Gasteiger partial charge on any atom is 0.0566 e. The zero-order valence-electron chi connectivity index (χ0n) is 9.11. The number of hydrogen-bond acceptors (Lipinski definition) is 4. The summed E-state index contributed by atoms with van der Waals surface area (Å²) in [5.41, 5.74) is 0. The Labute approximate surface area is 100 Å². The molecule has 1 aliphatic heterocycles. The summed E-state index contributed by atoms with van der Waals surface area (Å²) in [6.45, 7) is 3.52. The van der Waals surface area contributed by atoms with Crippen LogP contribution in [0.15, 0.2) is 17.5 Å². The molecule has 1 aliphatic rings. The quantitative estimate of drug-likeness (QED) is 0.870. The number of nitrogens with zero attached hydrogens (tertiary/aromatic N) is 1. The van der Waals surface area contributed by atoms with Crippen molar-refractivity contribution in [1.82, 2.24) is 10.2 Å². The van der Waals surface area contributed by atoms with Gasteiger partial charge < -0.3 is 5.32 Å². The Bertz CT molecular complexity index is 268. The Morgan fingerprint density at radius 2 is 2.27 bits per heavy atom. The van der Waals surface area contributed by atoms with Crippen LogP contribution < -0.4 is 5.32 Å². The highest BCUT2D eigenvalue weighted by Gasteiger charge is 2.22. The van der Waals surface area contributed by atoms with Gasteiger partial charge in [0.05, 0.1) is 6.04 Å². The van der Waals surface area contributed by atoms with Crippen molar-refractivity contribution in [1.29, 1.82) is 0 Å². The van der Waals surface area contributed by atoms with E-state index in [9.17, 15) is 0 Å². The standard InChI is InChI=1S/C11H18N2S2/c1-12-9-10(11-3-2-6-15-11)13-4-7-14-8-5-13/h2-3,6,10,12H,4-5,7-9H2,1H3. The van der Waals surface area contributed by atoms with Gasteiger partial charge in [0.15, 0.2) is 0 Å². The molecule has 0 aliphatic carbocycles. The van der Waals surface area contributed by atoms with Crippen LogP contribution in [0.3, 0.4) is 0 Å². The summed E-state index contributed by atoms with van der Waals surface area (Å²) in [6, 6.07) is 4.99. The fourth-order valence-corrected chi connectivity index (χ4v) is 3.77. The number of hydrogen-bond donors (Lipinski definition) is 1. The first-order valence-electron chi connectivity index (χ1n) is 5.41. The molecular formula is C11H18N2S2. The van der Waals surface area contributed by atoms with Crippen LogP contribution in [0, 0.1) is 0 Å². The van der Waals surface area contributed by atoms with Gasteiger partial charge in [-0.2, -0.15) is 11.8 Å². The van der Waals surface area contributed by atoms with Crippen LogP contribution in [0.5, 0.6) is 0 Å². The smallest absolute Gasteiger partial charge is 0.0566 e. The van der Waals surface area contributed by atoms with Gasteiger partial charge in [-0.05, 0) is 18.5 Å². The Morgan fingerprint density at radius 3 is 2.87 bits per heavy atom. The average molecular weight is 242 g/mol. The second-order valence-electron chi connectivity index (χ2n) is 3.74. The van der Waals surface area contributed by atoms with Crippen molar-refractivity contribution in [3.8, 4) is 0 Å². The molecule has 0 radical (unpaired) electrons. The zero-order chi connectivity index (χ0) is 10.5. The number of thiophene rings is 1. The molecule has 0 amide bonds. The minimum absolute atomic E-state index is 0.580. The fourth-order valence-electron chi connectivity index (χ4n) is 1.97.